The smallest absolute Gasteiger partial charge is 0.312 e. The summed E-state index contributed by atoms with van der Waals surface area (Å²) in [6.07, 6.45) is 1.84. The fourth-order valence-corrected chi connectivity index (χ4v) is 3.70. The summed E-state index contributed by atoms with van der Waals surface area (Å²) < 4.78 is 0. The van der Waals surface area contributed by atoms with Gasteiger partial charge < -0.3 is 9.80 Å². The highest BCUT2D eigenvalue weighted by atomic mass is 16.2. The molecule has 0 aromatic heterocycles. The van der Waals surface area contributed by atoms with Crippen LogP contribution in [0, 0.1) is 0 Å². The summed E-state index contributed by atoms with van der Waals surface area (Å²) in [4.78, 5) is 41.8. The second kappa shape index (κ2) is 4.83. The van der Waals surface area contributed by atoms with E-state index in [2.05, 4.69) is 0 Å². The number of urea groups is 1. The second-order valence-electron chi connectivity index (χ2n) is 6.04. The minimum absolute atomic E-state index is 0.0381. The summed E-state index contributed by atoms with van der Waals surface area (Å²) in [5.41, 5.74) is 0.814. The Hall–Kier alpha value is -2.37. The molecule has 6 nitrogen and oxygen atoms in total. The first-order chi connectivity index (χ1) is 10.7. The molecular formula is C16H17N3O3. The number of para-hydroxylation sites is 1. The number of hydrogen-bond donors (Lipinski definition) is 0. The monoisotopic (exact) mass is 299 g/mol. The molecule has 0 radical (unpaired) electrons. The zero-order valence-electron chi connectivity index (χ0n) is 12.1. The van der Waals surface area contributed by atoms with Gasteiger partial charge in [0.1, 0.15) is 6.04 Å². The van der Waals surface area contributed by atoms with Crippen LogP contribution in [0.2, 0.25) is 0 Å². The third-order valence-electron chi connectivity index (χ3n) is 4.76. The van der Waals surface area contributed by atoms with E-state index in [-0.39, 0.29) is 36.3 Å². The van der Waals surface area contributed by atoms with Crippen LogP contribution in [0.1, 0.15) is 19.3 Å². The Balaban J connectivity index is 1.57. The standard InChI is InChI=1S/C16H17N3O3/c20-14-9-12(10-18(14)11-5-2-1-3-6-11)19-15(21)13-7-4-8-17(13)16(19)22/h1-3,5-6,12-13H,4,7-10H2/t12-,13+/m0/s1. The number of nitrogens with zero attached hydrogens (tertiary/aromatic N) is 3. The number of fused-ring (bicyclic) bond motifs is 1. The van der Waals surface area contributed by atoms with E-state index < -0.39 is 0 Å². The van der Waals surface area contributed by atoms with Crippen molar-refractivity contribution in [3.63, 3.8) is 0 Å². The molecule has 0 aliphatic carbocycles. The Bertz CT molecular complexity index is 623. The Morgan fingerprint density at radius 1 is 1.05 bits per heavy atom. The zero-order chi connectivity index (χ0) is 15.3. The molecular weight excluding hydrogens is 282 g/mol. The Morgan fingerprint density at radius 3 is 2.55 bits per heavy atom. The highest BCUT2D eigenvalue weighted by Crippen LogP contribution is 2.32. The topological polar surface area (TPSA) is 60.9 Å². The maximum atomic E-state index is 12.5. The van der Waals surface area contributed by atoms with Crippen molar-refractivity contribution in [3.05, 3.63) is 30.3 Å². The first-order valence-corrected chi connectivity index (χ1v) is 7.66. The van der Waals surface area contributed by atoms with Gasteiger partial charge in [0.15, 0.2) is 0 Å². The SMILES string of the molecule is O=C1C[C@H](N2C(=O)[C@H]3CCCN3C2=O)CN1c1ccccc1. The highest BCUT2D eigenvalue weighted by Gasteiger charge is 2.52. The molecule has 0 N–H and O–H groups in total. The predicted octanol–water partition coefficient (Wildman–Crippen LogP) is 1.22. The van der Waals surface area contributed by atoms with Gasteiger partial charge in [-0.25, -0.2) is 4.79 Å². The molecule has 3 aliphatic rings. The van der Waals surface area contributed by atoms with Gasteiger partial charge in [-0.2, -0.15) is 0 Å². The van der Waals surface area contributed by atoms with E-state index >= 15 is 0 Å². The molecule has 3 aliphatic heterocycles. The third-order valence-corrected chi connectivity index (χ3v) is 4.76. The molecule has 114 valence electrons. The molecule has 0 bridgehead atoms. The molecule has 1 aromatic rings. The number of imide groups is 1. The van der Waals surface area contributed by atoms with Gasteiger partial charge in [0.05, 0.1) is 6.04 Å². The summed E-state index contributed by atoms with van der Waals surface area (Å²) >= 11 is 0. The molecule has 6 heteroatoms. The Morgan fingerprint density at radius 2 is 1.82 bits per heavy atom. The first-order valence-electron chi connectivity index (χ1n) is 7.66. The van der Waals surface area contributed by atoms with Crippen LogP contribution in [0.3, 0.4) is 0 Å². The van der Waals surface area contributed by atoms with E-state index in [1.165, 1.54) is 4.90 Å². The number of amides is 4. The van der Waals surface area contributed by atoms with E-state index in [9.17, 15) is 14.4 Å². The molecule has 22 heavy (non-hydrogen) atoms. The van der Waals surface area contributed by atoms with E-state index in [1.807, 2.05) is 30.3 Å². The summed E-state index contributed by atoms with van der Waals surface area (Å²) in [5.74, 6) is -0.168. The molecule has 4 amide bonds. The van der Waals surface area contributed by atoms with Crippen LogP contribution >= 0.6 is 0 Å². The minimum atomic E-state index is -0.349. The van der Waals surface area contributed by atoms with Crippen LogP contribution in [0.4, 0.5) is 10.5 Å². The normalized spacial score (nSPS) is 28.0. The number of hydrogen-bond acceptors (Lipinski definition) is 3. The number of anilines is 1. The van der Waals surface area contributed by atoms with Crippen LogP contribution in [-0.4, -0.2) is 52.8 Å². The molecule has 1 aromatic carbocycles. The van der Waals surface area contributed by atoms with Gasteiger partial charge in [-0.15, -0.1) is 0 Å². The van der Waals surface area contributed by atoms with Gasteiger partial charge in [0, 0.05) is 25.2 Å². The van der Waals surface area contributed by atoms with Crippen molar-refractivity contribution >= 4 is 23.5 Å². The highest BCUT2D eigenvalue weighted by molar-refractivity contribution is 6.06. The quantitative estimate of drug-likeness (QED) is 0.771. The molecule has 3 fully saturated rings. The second-order valence-corrected chi connectivity index (χ2v) is 6.04. The van der Waals surface area contributed by atoms with E-state index in [1.54, 1.807) is 9.80 Å². The van der Waals surface area contributed by atoms with Gasteiger partial charge in [-0.3, -0.25) is 14.5 Å². The van der Waals surface area contributed by atoms with E-state index in [4.69, 9.17) is 0 Å². The molecule has 3 heterocycles. The van der Waals surface area contributed by atoms with Gasteiger partial charge in [0.2, 0.25) is 5.91 Å². The molecule has 0 unspecified atom stereocenters. The Labute approximate surface area is 128 Å². The maximum Gasteiger partial charge on any atom is 0.327 e. The number of carbonyl (C=O) groups is 3. The lowest BCUT2D eigenvalue weighted by Gasteiger charge is -2.22. The van der Waals surface area contributed by atoms with Crippen molar-refractivity contribution in [3.8, 4) is 0 Å². The van der Waals surface area contributed by atoms with Crippen LogP contribution in [-0.2, 0) is 9.59 Å². The van der Waals surface area contributed by atoms with Crippen molar-refractivity contribution in [1.82, 2.24) is 9.80 Å². The summed E-state index contributed by atoms with van der Waals surface area (Å²) in [6.45, 7) is 1.04. The maximum absolute atomic E-state index is 12.5. The lowest BCUT2D eigenvalue weighted by molar-refractivity contribution is -0.129. The average Bonchev–Trinajstić information content (AvgIpc) is 3.19. The largest absolute Gasteiger partial charge is 0.327 e. The van der Waals surface area contributed by atoms with Gasteiger partial charge >= 0.3 is 6.03 Å². The molecule has 3 saturated heterocycles. The lowest BCUT2D eigenvalue weighted by Crippen LogP contribution is -2.43. The van der Waals surface area contributed by atoms with Crippen LogP contribution in [0.15, 0.2) is 30.3 Å². The third kappa shape index (κ3) is 1.83. The fraction of sp³-hybridized carbons (Fsp3) is 0.438. The number of carbonyl (C=O) groups excluding carboxylic acids is 3. The lowest BCUT2D eigenvalue weighted by atomic mass is 10.2. The number of rotatable bonds is 2. The molecule has 4 rings (SSSR count). The minimum Gasteiger partial charge on any atom is -0.312 e. The van der Waals surface area contributed by atoms with Crippen molar-refractivity contribution in [1.29, 1.82) is 0 Å². The summed E-state index contributed by atoms with van der Waals surface area (Å²) in [6, 6.07) is 8.50. The van der Waals surface area contributed by atoms with Crippen molar-refractivity contribution in [2.75, 3.05) is 18.0 Å². The average molecular weight is 299 g/mol. The van der Waals surface area contributed by atoms with E-state index in [0.29, 0.717) is 13.1 Å². The van der Waals surface area contributed by atoms with Gasteiger partial charge in [-0.05, 0) is 25.0 Å². The van der Waals surface area contributed by atoms with Crippen LogP contribution < -0.4 is 4.90 Å². The molecule has 0 saturated carbocycles. The van der Waals surface area contributed by atoms with Gasteiger partial charge in [0.25, 0.3) is 5.91 Å². The van der Waals surface area contributed by atoms with Gasteiger partial charge in [-0.1, -0.05) is 18.2 Å². The zero-order valence-corrected chi connectivity index (χ0v) is 12.1. The summed E-state index contributed by atoms with van der Waals surface area (Å²) in [5, 5.41) is 0. The molecule has 2 atom stereocenters. The van der Waals surface area contributed by atoms with Crippen molar-refractivity contribution in [2.45, 2.75) is 31.3 Å². The van der Waals surface area contributed by atoms with Crippen molar-refractivity contribution < 1.29 is 14.4 Å². The van der Waals surface area contributed by atoms with E-state index in [0.717, 1.165) is 18.5 Å². The number of benzene rings is 1. The first kappa shape index (κ1) is 13.3. The molecule has 0 spiro atoms. The Kier molecular flexibility index (Phi) is 2.92. The van der Waals surface area contributed by atoms with Crippen LogP contribution in [0.5, 0.6) is 0 Å². The summed E-state index contributed by atoms with van der Waals surface area (Å²) in [7, 11) is 0. The fourth-order valence-electron chi connectivity index (χ4n) is 3.70. The van der Waals surface area contributed by atoms with Crippen molar-refractivity contribution in [2.24, 2.45) is 0 Å². The van der Waals surface area contributed by atoms with Crippen LogP contribution in [0.25, 0.3) is 0 Å². The predicted molar refractivity (Wildman–Crippen MR) is 79.2 cm³/mol.